The number of H-pyrrole nitrogens is 1. The summed E-state index contributed by atoms with van der Waals surface area (Å²) in [6, 6.07) is 6.11. The maximum atomic E-state index is 13.2. The van der Waals surface area contributed by atoms with Gasteiger partial charge in [-0.3, -0.25) is 9.97 Å². The molecule has 1 atom stereocenters. The van der Waals surface area contributed by atoms with Crippen LogP contribution in [0.15, 0.2) is 41.8 Å². The molecular weight excluding hydrogens is 329 g/mol. The van der Waals surface area contributed by atoms with Gasteiger partial charge in [-0.15, -0.1) is 0 Å². The lowest BCUT2D eigenvalue weighted by atomic mass is 10.3. The van der Waals surface area contributed by atoms with Crippen LogP contribution >= 0.6 is 0 Å². The summed E-state index contributed by atoms with van der Waals surface area (Å²) in [5.74, 6) is 1.27. The number of fused-ring (bicyclic) bond motifs is 1. The van der Waals surface area contributed by atoms with Crippen LogP contribution in [0.25, 0.3) is 11.0 Å². The van der Waals surface area contributed by atoms with Crippen LogP contribution in [0.3, 0.4) is 0 Å². The third-order valence-corrected chi connectivity index (χ3v) is 5.11. The molecule has 0 radical (unpaired) electrons. The second kappa shape index (κ2) is 6.41. The van der Waals surface area contributed by atoms with Crippen LogP contribution in [0.4, 0.5) is 4.39 Å². The van der Waals surface area contributed by atoms with Crippen LogP contribution in [-0.4, -0.2) is 26.1 Å². The lowest BCUT2D eigenvalue weighted by Crippen LogP contribution is -2.08. The molecule has 1 aromatic carbocycles. The highest BCUT2D eigenvalue weighted by molar-refractivity contribution is 7.90. The van der Waals surface area contributed by atoms with Crippen LogP contribution in [0.1, 0.15) is 18.4 Å². The fourth-order valence-electron chi connectivity index (χ4n) is 2.40. The zero-order valence-corrected chi connectivity index (χ0v) is 13.7. The number of ether oxygens (including phenoxy) is 1. The highest BCUT2D eigenvalue weighted by Crippen LogP contribution is 2.29. The molecule has 5 nitrogen and oxygen atoms in total. The van der Waals surface area contributed by atoms with Crippen molar-refractivity contribution in [3.63, 3.8) is 0 Å². The summed E-state index contributed by atoms with van der Waals surface area (Å²) < 4.78 is 31.4. The zero-order chi connectivity index (χ0) is 16.5. The lowest BCUT2D eigenvalue weighted by molar-refractivity contribution is 0.298. The molecule has 1 aliphatic rings. The predicted octanol–water partition coefficient (Wildman–Crippen LogP) is 3.19. The van der Waals surface area contributed by atoms with E-state index in [0.717, 1.165) is 5.56 Å². The molecule has 2 heterocycles. The Balaban J connectivity index is 1.47. The molecule has 0 bridgehead atoms. The van der Waals surface area contributed by atoms with Crippen molar-refractivity contribution < 1.29 is 13.7 Å². The van der Waals surface area contributed by atoms with E-state index in [1.54, 1.807) is 18.5 Å². The van der Waals surface area contributed by atoms with Gasteiger partial charge in [-0.05, 0) is 37.0 Å². The van der Waals surface area contributed by atoms with Crippen LogP contribution in [0.2, 0.25) is 0 Å². The molecule has 7 heteroatoms. The summed E-state index contributed by atoms with van der Waals surface area (Å²) >= 11 is -1.37. The Morgan fingerprint density at radius 1 is 1.29 bits per heavy atom. The first-order valence-corrected chi connectivity index (χ1v) is 9.09. The Labute approximate surface area is 141 Å². The van der Waals surface area contributed by atoms with Crippen molar-refractivity contribution in [2.75, 3.05) is 6.61 Å². The molecule has 2 aromatic heterocycles. The van der Waals surface area contributed by atoms with Crippen molar-refractivity contribution in [2.45, 2.75) is 23.8 Å². The number of aromatic nitrogens is 3. The summed E-state index contributed by atoms with van der Waals surface area (Å²) in [6.07, 6.45) is 5.79. The van der Waals surface area contributed by atoms with E-state index in [1.807, 2.05) is 6.07 Å². The summed E-state index contributed by atoms with van der Waals surface area (Å²) in [5, 5.41) is 0.333. The molecule has 3 aromatic rings. The first-order chi connectivity index (χ1) is 11.7. The number of nitrogens with zero attached hydrogens (tertiary/aromatic N) is 2. The number of benzene rings is 1. The summed E-state index contributed by atoms with van der Waals surface area (Å²) in [5.41, 5.74) is 1.95. The number of hydrogen-bond donors (Lipinski definition) is 1. The van der Waals surface area contributed by atoms with Gasteiger partial charge in [-0.1, -0.05) is 0 Å². The van der Waals surface area contributed by atoms with E-state index in [4.69, 9.17) is 4.74 Å². The van der Waals surface area contributed by atoms with Crippen molar-refractivity contribution in [3.8, 4) is 5.75 Å². The van der Waals surface area contributed by atoms with E-state index in [9.17, 15) is 8.94 Å². The minimum atomic E-state index is -1.37. The van der Waals surface area contributed by atoms with Gasteiger partial charge >= 0.3 is 5.16 Å². The number of hydrogen-bond acceptors (Lipinski definition) is 4. The lowest BCUT2D eigenvalue weighted by Gasteiger charge is -2.09. The smallest absolute Gasteiger partial charge is 0.321 e. The number of pyridine rings is 1. The largest absolute Gasteiger partial charge is 0.609 e. The van der Waals surface area contributed by atoms with Gasteiger partial charge in [0.2, 0.25) is 0 Å². The average molecular weight is 345 g/mol. The molecule has 1 aliphatic carbocycles. The third kappa shape index (κ3) is 3.52. The number of aromatic amines is 1. The Morgan fingerprint density at radius 2 is 2.17 bits per heavy atom. The second-order valence-electron chi connectivity index (χ2n) is 5.98. The average Bonchev–Trinajstić information content (AvgIpc) is 3.31. The minimum absolute atomic E-state index is 0.274. The Hall–Kier alpha value is -2.12. The molecule has 0 saturated heterocycles. The van der Waals surface area contributed by atoms with E-state index in [0.29, 0.717) is 34.5 Å². The molecule has 0 aliphatic heterocycles. The zero-order valence-electron chi connectivity index (χ0n) is 12.9. The first-order valence-electron chi connectivity index (χ1n) is 7.78. The molecule has 1 N–H and O–H groups in total. The second-order valence-corrected chi connectivity index (χ2v) is 7.34. The predicted molar refractivity (Wildman–Crippen MR) is 88.6 cm³/mol. The van der Waals surface area contributed by atoms with Gasteiger partial charge in [-0.2, -0.15) is 4.98 Å². The van der Waals surface area contributed by atoms with Gasteiger partial charge in [0.1, 0.15) is 17.3 Å². The maximum absolute atomic E-state index is 13.2. The quantitative estimate of drug-likeness (QED) is 0.696. The van der Waals surface area contributed by atoms with Crippen molar-refractivity contribution in [1.82, 2.24) is 15.0 Å². The Morgan fingerprint density at radius 3 is 3.00 bits per heavy atom. The Bertz CT molecular complexity index is 866. The van der Waals surface area contributed by atoms with Crippen molar-refractivity contribution in [2.24, 2.45) is 5.92 Å². The fraction of sp³-hybridized carbons (Fsp3) is 0.294. The molecule has 1 saturated carbocycles. The van der Waals surface area contributed by atoms with Gasteiger partial charge in [0.15, 0.2) is 0 Å². The standard InChI is InChI=1S/C17H16FN3O2S/c18-13-3-4-15-16(6-13)21-17(20-15)24(22)10-12-5-14(8-19-7-12)23-9-11-1-2-11/h3-8,11H,1-2,9-10H2,(H,20,21)/t24-/m1/s1. The van der Waals surface area contributed by atoms with Gasteiger partial charge in [0.05, 0.1) is 23.8 Å². The number of rotatable bonds is 6. The van der Waals surface area contributed by atoms with Gasteiger partial charge in [0, 0.05) is 29.0 Å². The molecule has 124 valence electrons. The SMILES string of the molecule is [O-][S@+](Cc1cncc(OCC2CC2)c1)c1nc2cc(F)ccc2[nH]1. The van der Waals surface area contributed by atoms with Gasteiger partial charge < -0.3 is 9.29 Å². The maximum Gasteiger partial charge on any atom is 0.321 e. The molecule has 0 amide bonds. The summed E-state index contributed by atoms with van der Waals surface area (Å²) in [7, 11) is 0. The molecule has 24 heavy (non-hydrogen) atoms. The minimum Gasteiger partial charge on any atom is -0.609 e. The normalized spacial score (nSPS) is 15.6. The van der Waals surface area contributed by atoms with Gasteiger partial charge in [-0.25, -0.2) is 4.39 Å². The van der Waals surface area contributed by atoms with E-state index in [2.05, 4.69) is 15.0 Å². The van der Waals surface area contributed by atoms with Crippen molar-refractivity contribution in [1.29, 1.82) is 0 Å². The molecule has 0 unspecified atom stereocenters. The van der Waals surface area contributed by atoms with Crippen molar-refractivity contribution in [3.05, 3.63) is 48.0 Å². The molecular formula is C17H16FN3O2S. The van der Waals surface area contributed by atoms with Crippen LogP contribution in [-0.2, 0) is 16.9 Å². The summed E-state index contributed by atoms with van der Waals surface area (Å²) in [4.78, 5) is 11.3. The monoisotopic (exact) mass is 345 g/mol. The van der Waals surface area contributed by atoms with E-state index in [1.165, 1.54) is 25.0 Å². The van der Waals surface area contributed by atoms with E-state index in [-0.39, 0.29) is 11.6 Å². The molecule has 4 rings (SSSR count). The summed E-state index contributed by atoms with van der Waals surface area (Å²) in [6.45, 7) is 0.712. The van der Waals surface area contributed by atoms with Crippen molar-refractivity contribution >= 4 is 22.2 Å². The molecule has 0 spiro atoms. The number of nitrogens with one attached hydrogen (secondary N) is 1. The topological polar surface area (TPSA) is 73.9 Å². The Kier molecular flexibility index (Phi) is 4.12. The fourth-order valence-corrected chi connectivity index (χ4v) is 3.42. The van der Waals surface area contributed by atoms with Crippen LogP contribution < -0.4 is 4.74 Å². The van der Waals surface area contributed by atoms with Crippen LogP contribution in [0.5, 0.6) is 5.75 Å². The van der Waals surface area contributed by atoms with E-state index < -0.39 is 11.2 Å². The molecule has 1 fully saturated rings. The highest BCUT2D eigenvalue weighted by atomic mass is 32.2. The third-order valence-electron chi connectivity index (χ3n) is 3.89. The highest BCUT2D eigenvalue weighted by Gasteiger charge is 2.22. The van der Waals surface area contributed by atoms with Gasteiger partial charge in [0.25, 0.3) is 0 Å². The van der Waals surface area contributed by atoms with E-state index >= 15 is 0 Å². The first kappa shape index (κ1) is 15.4. The number of imidazole rings is 1. The van der Waals surface area contributed by atoms with Crippen LogP contribution in [0, 0.1) is 11.7 Å². The number of halogens is 1.